The second-order valence-corrected chi connectivity index (χ2v) is 8.13. The molecule has 1 saturated heterocycles. The van der Waals surface area contributed by atoms with Crippen LogP contribution in [0.15, 0.2) is 0 Å². The van der Waals surface area contributed by atoms with Crippen molar-refractivity contribution in [2.24, 2.45) is 0 Å². The van der Waals surface area contributed by atoms with E-state index in [1.165, 1.54) is 18.5 Å². The molecule has 0 spiro atoms. The SMILES string of the molecule is CN(C)[Si]1(C)CCC1. The third kappa shape index (κ3) is 0.824. The molecule has 1 rings (SSSR count). The molecule has 0 aromatic rings. The van der Waals surface area contributed by atoms with E-state index in [-0.39, 0.29) is 0 Å². The Hall–Kier alpha value is 0.177. The summed E-state index contributed by atoms with van der Waals surface area (Å²) in [5.41, 5.74) is 0. The number of rotatable bonds is 1. The highest BCUT2D eigenvalue weighted by atomic mass is 28.3. The molecule has 0 saturated carbocycles. The van der Waals surface area contributed by atoms with Crippen LogP contribution in [0.3, 0.4) is 0 Å². The van der Waals surface area contributed by atoms with Gasteiger partial charge < -0.3 is 4.57 Å². The summed E-state index contributed by atoms with van der Waals surface area (Å²) in [5.74, 6) is 0. The number of nitrogens with zero attached hydrogens (tertiary/aromatic N) is 1. The maximum Gasteiger partial charge on any atom is 0.124 e. The molecule has 0 amide bonds. The van der Waals surface area contributed by atoms with E-state index in [2.05, 4.69) is 25.2 Å². The molecule has 0 atom stereocenters. The summed E-state index contributed by atoms with van der Waals surface area (Å²) < 4.78 is 2.47. The molecule has 2 heteroatoms. The van der Waals surface area contributed by atoms with Crippen LogP contribution in [0.2, 0.25) is 18.6 Å². The first kappa shape index (κ1) is 6.30. The van der Waals surface area contributed by atoms with Gasteiger partial charge in [0.1, 0.15) is 8.24 Å². The fourth-order valence-electron chi connectivity index (χ4n) is 1.14. The third-order valence-electron chi connectivity index (χ3n) is 2.51. The van der Waals surface area contributed by atoms with Gasteiger partial charge in [-0.1, -0.05) is 13.0 Å². The van der Waals surface area contributed by atoms with Crippen LogP contribution in [0.4, 0.5) is 0 Å². The van der Waals surface area contributed by atoms with Gasteiger partial charge in [0.2, 0.25) is 0 Å². The minimum absolute atomic E-state index is 0.741. The lowest BCUT2D eigenvalue weighted by atomic mass is 10.5. The summed E-state index contributed by atoms with van der Waals surface area (Å²) >= 11 is 0. The number of hydrogen-bond donors (Lipinski definition) is 0. The Morgan fingerprint density at radius 2 is 1.75 bits per heavy atom. The monoisotopic (exact) mass is 129 g/mol. The Labute approximate surface area is 52.8 Å². The van der Waals surface area contributed by atoms with E-state index >= 15 is 0 Å². The molecule has 0 aromatic carbocycles. The van der Waals surface area contributed by atoms with Crippen molar-refractivity contribution in [1.29, 1.82) is 0 Å². The van der Waals surface area contributed by atoms with Crippen molar-refractivity contribution in [3.8, 4) is 0 Å². The van der Waals surface area contributed by atoms with Gasteiger partial charge in [0.05, 0.1) is 0 Å². The molecular formula is C6H15NSi. The van der Waals surface area contributed by atoms with E-state index in [1.807, 2.05) is 0 Å². The molecule has 1 fully saturated rings. The van der Waals surface area contributed by atoms with Gasteiger partial charge in [-0.3, -0.25) is 0 Å². The maximum absolute atomic E-state index is 2.47. The standard InChI is InChI=1S/C6H15NSi/c1-7(2)8(3)5-4-6-8/h4-6H2,1-3H3. The zero-order valence-electron chi connectivity index (χ0n) is 6.07. The summed E-state index contributed by atoms with van der Waals surface area (Å²) in [5, 5.41) is 0. The lowest BCUT2D eigenvalue weighted by Crippen LogP contribution is -2.51. The zero-order chi connectivity index (χ0) is 6.20. The molecule has 1 aliphatic rings. The van der Waals surface area contributed by atoms with Gasteiger partial charge in [0, 0.05) is 0 Å². The smallest absolute Gasteiger partial charge is 0.124 e. The topological polar surface area (TPSA) is 3.24 Å². The van der Waals surface area contributed by atoms with Gasteiger partial charge in [-0.15, -0.1) is 0 Å². The van der Waals surface area contributed by atoms with Crippen molar-refractivity contribution in [2.45, 2.75) is 25.1 Å². The average Bonchev–Trinajstić information content (AvgIpc) is 1.60. The molecule has 1 heterocycles. The van der Waals surface area contributed by atoms with E-state index in [0.717, 1.165) is 0 Å². The summed E-state index contributed by atoms with van der Waals surface area (Å²) in [4.78, 5) is 0. The van der Waals surface area contributed by atoms with Gasteiger partial charge in [-0.2, -0.15) is 0 Å². The first-order valence-electron chi connectivity index (χ1n) is 3.33. The van der Waals surface area contributed by atoms with E-state index in [4.69, 9.17) is 0 Å². The van der Waals surface area contributed by atoms with Crippen LogP contribution < -0.4 is 0 Å². The van der Waals surface area contributed by atoms with Crippen LogP contribution >= 0.6 is 0 Å². The van der Waals surface area contributed by atoms with Crippen LogP contribution in [-0.4, -0.2) is 26.9 Å². The summed E-state index contributed by atoms with van der Waals surface area (Å²) in [6.07, 6.45) is 1.49. The van der Waals surface area contributed by atoms with Gasteiger partial charge in [0.25, 0.3) is 0 Å². The Kier molecular flexibility index (Phi) is 1.45. The molecule has 0 aliphatic carbocycles. The molecule has 0 bridgehead atoms. The van der Waals surface area contributed by atoms with Crippen LogP contribution in [-0.2, 0) is 0 Å². The van der Waals surface area contributed by atoms with Crippen molar-refractivity contribution in [3.63, 3.8) is 0 Å². The molecule has 0 radical (unpaired) electrons. The predicted molar refractivity (Wildman–Crippen MR) is 39.5 cm³/mol. The second-order valence-electron chi connectivity index (χ2n) is 3.24. The van der Waals surface area contributed by atoms with Gasteiger partial charge in [0.15, 0.2) is 0 Å². The minimum atomic E-state index is -0.741. The van der Waals surface area contributed by atoms with E-state index in [0.29, 0.717) is 0 Å². The van der Waals surface area contributed by atoms with Crippen LogP contribution in [0.5, 0.6) is 0 Å². The van der Waals surface area contributed by atoms with Crippen LogP contribution in [0, 0.1) is 0 Å². The highest BCUT2D eigenvalue weighted by Crippen LogP contribution is 2.32. The maximum atomic E-state index is 2.47. The summed E-state index contributed by atoms with van der Waals surface area (Å²) in [6, 6.07) is 3.06. The predicted octanol–water partition coefficient (Wildman–Crippen LogP) is 1.53. The Morgan fingerprint density at radius 3 is 1.75 bits per heavy atom. The second kappa shape index (κ2) is 1.85. The molecule has 0 aromatic heterocycles. The lowest BCUT2D eigenvalue weighted by molar-refractivity contribution is 0.574. The van der Waals surface area contributed by atoms with E-state index in [1.54, 1.807) is 0 Å². The zero-order valence-corrected chi connectivity index (χ0v) is 7.07. The van der Waals surface area contributed by atoms with Gasteiger partial charge in [-0.25, -0.2) is 0 Å². The van der Waals surface area contributed by atoms with Crippen LogP contribution in [0.25, 0.3) is 0 Å². The molecule has 8 heavy (non-hydrogen) atoms. The molecule has 1 aliphatic heterocycles. The van der Waals surface area contributed by atoms with Crippen molar-refractivity contribution in [3.05, 3.63) is 0 Å². The van der Waals surface area contributed by atoms with E-state index in [9.17, 15) is 0 Å². The largest absolute Gasteiger partial charge is 0.329 e. The average molecular weight is 129 g/mol. The third-order valence-corrected chi connectivity index (χ3v) is 7.53. The molecule has 48 valence electrons. The quantitative estimate of drug-likeness (QED) is 0.485. The fourth-order valence-corrected chi connectivity index (χ4v) is 3.41. The first-order chi connectivity index (χ1) is 3.65. The highest BCUT2D eigenvalue weighted by molar-refractivity contribution is 6.78. The van der Waals surface area contributed by atoms with Gasteiger partial charge >= 0.3 is 0 Å². The molecule has 0 unspecified atom stereocenters. The highest BCUT2D eigenvalue weighted by Gasteiger charge is 2.36. The Balaban J connectivity index is 2.41. The van der Waals surface area contributed by atoms with Crippen molar-refractivity contribution in [1.82, 2.24) is 4.57 Å². The lowest BCUT2D eigenvalue weighted by Gasteiger charge is -2.41. The number of hydrogen-bond acceptors (Lipinski definition) is 1. The molecule has 0 N–H and O–H groups in total. The summed E-state index contributed by atoms with van der Waals surface area (Å²) in [6.45, 7) is 2.47. The van der Waals surface area contributed by atoms with Crippen molar-refractivity contribution in [2.75, 3.05) is 14.1 Å². The van der Waals surface area contributed by atoms with E-state index < -0.39 is 8.24 Å². The Bertz CT molecular complexity index is 86.5. The van der Waals surface area contributed by atoms with Crippen LogP contribution in [0.1, 0.15) is 6.42 Å². The molecular weight excluding hydrogens is 114 g/mol. The van der Waals surface area contributed by atoms with Crippen molar-refractivity contribution < 1.29 is 0 Å². The minimum Gasteiger partial charge on any atom is -0.329 e. The normalized spacial score (nSPS) is 25.5. The van der Waals surface area contributed by atoms with Crippen molar-refractivity contribution >= 4 is 8.24 Å². The molecule has 1 nitrogen and oxygen atoms in total. The summed E-state index contributed by atoms with van der Waals surface area (Å²) in [7, 11) is 3.71. The van der Waals surface area contributed by atoms with Gasteiger partial charge in [-0.05, 0) is 26.2 Å². The first-order valence-corrected chi connectivity index (χ1v) is 6.19. The Morgan fingerprint density at radius 1 is 1.25 bits per heavy atom. The fraction of sp³-hybridized carbons (Fsp3) is 1.00.